The summed E-state index contributed by atoms with van der Waals surface area (Å²) in [4.78, 5) is 22.1. The maximum absolute atomic E-state index is 13.3. The van der Waals surface area contributed by atoms with Crippen molar-refractivity contribution in [2.24, 2.45) is 0 Å². The lowest BCUT2D eigenvalue weighted by Gasteiger charge is -2.42. The van der Waals surface area contributed by atoms with Gasteiger partial charge < -0.3 is 19.9 Å². The molecule has 2 saturated heterocycles. The van der Waals surface area contributed by atoms with Gasteiger partial charge in [0.15, 0.2) is 5.13 Å². The van der Waals surface area contributed by atoms with Crippen molar-refractivity contribution in [3.8, 4) is 0 Å². The number of nitrogens with zero attached hydrogens (tertiary/aromatic N) is 3. The van der Waals surface area contributed by atoms with Crippen LogP contribution in [-0.4, -0.2) is 66.6 Å². The van der Waals surface area contributed by atoms with Gasteiger partial charge in [0, 0.05) is 25.5 Å². The molecule has 1 N–H and O–H groups in total. The minimum Gasteiger partial charge on any atom is -0.373 e. The molecule has 0 unspecified atom stereocenters. The highest BCUT2D eigenvalue weighted by atomic mass is 32.1. The van der Waals surface area contributed by atoms with Gasteiger partial charge in [0.2, 0.25) is 0 Å². The Morgan fingerprint density at radius 2 is 2.04 bits per heavy atom. The number of ether oxygens (including phenoxy) is 1. The van der Waals surface area contributed by atoms with Crippen molar-refractivity contribution in [2.45, 2.75) is 25.0 Å². The van der Waals surface area contributed by atoms with Gasteiger partial charge in [0.1, 0.15) is 5.69 Å². The number of likely N-dealkylation sites (tertiary alicyclic amines) is 1. The van der Waals surface area contributed by atoms with E-state index in [0.29, 0.717) is 18.8 Å². The summed E-state index contributed by atoms with van der Waals surface area (Å²) in [5.74, 6) is -0.0173. The molecule has 0 aliphatic carbocycles. The maximum Gasteiger partial charge on any atom is 0.274 e. The van der Waals surface area contributed by atoms with Crippen LogP contribution in [0.4, 0.5) is 5.13 Å². The zero-order valence-electron chi connectivity index (χ0n) is 15.6. The Morgan fingerprint density at radius 3 is 2.74 bits per heavy atom. The number of anilines is 1. The molecule has 1 aromatic heterocycles. The average molecular weight is 387 g/mol. The van der Waals surface area contributed by atoms with Crippen molar-refractivity contribution in [2.75, 3.05) is 45.2 Å². The van der Waals surface area contributed by atoms with E-state index >= 15 is 0 Å². The van der Waals surface area contributed by atoms with Crippen molar-refractivity contribution in [3.05, 3.63) is 47.0 Å². The zero-order valence-corrected chi connectivity index (χ0v) is 16.5. The van der Waals surface area contributed by atoms with E-state index in [4.69, 9.17) is 4.74 Å². The number of nitrogens with one attached hydrogen (secondary N) is 1. The molecule has 1 amide bonds. The van der Waals surface area contributed by atoms with E-state index in [1.165, 1.54) is 24.2 Å². The Morgan fingerprint density at radius 1 is 1.26 bits per heavy atom. The summed E-state index contributed by atoms with van der Waals surface area (Å²) < 4.78 is 6.18. The largest absolute Gasteiger partial charge is 0.373 e. The van der Waals surface area contributed by atoms with Gasteiger partial charge in [-0.1, -0.05) is 30.3 Å². The van der Waals surface area contributed by atoms with E-state index in [9.17, 15) is 4.79 Å². The highest BCUT2D eigenvalue weighted by molar-refractivity contribution is 7.13. The Bertz CT molecular complexity index is 760. The third-order valence-electron chi connectivity index (χ3n) is 5.33. The molecule has 3 heterocycles. The molecular weight excluding hydrogens is 360 g/mol. The monoisotopic (exact) mass is 386 g/mol. The van der Waals surface area contributed by atoms with Crippen LogP contribution < -0.4 is 5.32 Å². The molecule has 0 spiro atoms. The number of carbonyl (C=O) groups excluding carboxylic acids is 1. The van der Waals surface area contributed by atoms with Crippen molar-refractivity contribution >= 4 is 22.4 Å². The number of rotatable bonds is 5. The number of benzene rings is 1. The normalized spacial score (nSPS) is 23.5. The van der Waals surface area contributed by atoms with Crippen molar-refractivity contribution in [3.63, 3.8) is 0 Å². The minimum atomic E-state index is -0.0900. The summed E-state index contributed by atoms with van der Waals surface area (Å²) in [7, 11) is 1.82. The Balaban J connectivity index is 1.62. The van der Waals surface area contributed by atoms with Crippen LogP contribution in [0.3, 0.4) is 0 Å². The van der Waals surface area contributed by atoms with Crippen LogP contribution >= 0.6 is 11.3 Å². The molecule has 2 aromatic rings. The number of hydrogen-bond donors (Lipinski definition) is 1. The Kier molecular flexibility index (Phi) is 5.71. The molecule has 0 bridgehead atoms. The average Bonchev–Trinajstić information content (AvgIpc) is 3.40. The molecule has 27 heavy (non-hydrogen) atoms. The summed E-state index contributed by atoms with van der Waals surface area (Å²) in [6.45, 7) is 4.25. The summed E-state index contributed by atoms with van der Waals surface area (Å²) in [6, 6.07) is 10.2. The van der Waals surface area contributed by atoms with Crippen molar-refractivity contribution in [1.82, 2.24) is 14.8 Å². The van der Waals surface area contributed by atoms with Crippen LogP contribution in [-0.2, 0) is 4.74 Å². The fourth-order valence-corrected chi connectivity index (χ4v) is 4.66. The second kappa shape index (κ2) is 8.37. The molecule has 2 atom stereocenters. The van der Waals surface area contributed by atoms with E-state index in [1.807, 2.05) is 35.5 Å². The predicted molar refractivity (Wildman–Crippen MR) is 107 cm³/mol. The van der Waals surface area contributed by atoms with Crippen LogP contribution in [0.1, 0.15) is 34.9 Å². The Hall–Kier alpha value is -1.96. The second-order valence-electron chi connectivity index (χ2n) is 7.06. The van der Waals surface area contributed by atoms with Gasteiger partial charge >= 0.3 is 0 Å². The van der Waals surface area contributed by atoms with Gasteiger partial charge in [0.05, 0.1) is 18.8 Å². The van der Waals surface area contributed by atoms with E-state index in [0.717, 1.165) is 30.3 Å². The molecule has 0 saturated carbocycles. The lowest BCUT2D eigenvalue weighted by Crippen LogP contribution is -2.51. The number of thiazole rings is 1. The molecule has 2 aliphatic heterocycles. The highest BCUT2D eigenvalue weighted by Crippen LogP contribution is 2.32. The summed E-state index contributed by atoms with van der Waals surface area (Å²) in [5.41, 5.74) is 1.63. The summed E-state index contributed by atoms with van der Waals surface area (Å²) in [6.07, 6.45) is 2.47. The van der Waals surface area contributed by atoms with Gasteiger partial charge in [-0.15, -0.1) is 11.3 Å². The van der Waals surface area contributed by atoms with E-state index in [1.54, 1.807) is 0 Å². The standard InChI is InChI=1S/C20H26N4O2S/c1-21-20-22-16(14-27-20)19(25)24-11-12-26-17(13-23-9-5-6-10-23)18(24)15-7-3-2-4-8-15/h2-4,7-8,14,17-18H,5-6,9-13H2,1H3,(H,21,22)/t17-,18-/m0/s1. The quantitative estimate of drug-likeness (QED) is 0.856. The smallest absolute Gasteiger partial charge is 0.274 e. The first-order valence-corrected chi connectivity index (χ1v) is 10.5. The molecule has 6 nitrogen and oxygen atoms in total. The molecule has 4 rings (SSSR count). The van der Waals surface area contributed by atoms with E-state index in [-0.39, 0.29) is 18.1 Å². The summed E-state index contributed by atoms with van der Waals surface area (Å²) >= 11 is 1.46. The van der Waals surface area contributed by atoms with Gasteiger partial charge in [-0.25, -0.2) is 4.98 Å². The van der Waals surface area contributed by atoms with Crippen LogP contribution in [0.2, 0.25) is 0 Å². The van der Waals surface area contributed by atoms with Gasteiger partial charge in [0.25, 0.3) is 5.91 Å². The van der Waals surface area contributed by atoms with Gasteiger partial charge in [-0.3, -0.25) is 4.79 Å². The molecule has 144 valence electrons. The lowest BCUT2D eigenvalue weighted by molar-refractivity contribution is -0.0708. The topological polar surface area (TPSA) is 57.7 Å². The number of morpholine rings is 1. The lowest BCUT2D eigenvalue weighted by atomic mass is 9.97. The van der Waals surface area contributed by atoms with Crippen molar-refractivity contribution < 1.29 is 9.53 Å². The van der Waals surface area contributed by atoms with Gasteiger partial charge in [-0.05, 0) is 31.5 Å². The van der Waals surface area contributed by atoms with E-state index in [2.05, 4.69) is 27.3 Å². The highest BCUT2D eigenvalue weighted by Gasteiger charge is 2.38. The molecule has 2 aliphatic rings. The number of amides is 1. The molecule has 0 radical (unpaired) electrons. The molecular formula is C20H26N4O2S. The van der Waals surface area contributed by atoms with Crippen LogP contribution in [0.25, 0.3) is 0 Å². The zero-order chi connectivity index (χ0) is 18.6. The number of aromatic nitrogens is 1. The fraction of sp³-hybridized carbons (Fsp3) is 0.500. The first-order valence-electron chi connectivity index (χ1n) is 9.59. The van der Waals surface area contributed by atoms with Crippen LogP contribution in [0.15, 0.2) is 35.7 Å². The number of carbonyl (C=O) groups is 1. The fourth-order valence-electron chi connectivity index (χ4n) is 4.01. The Labute approximate surface area is 164 Å². The number of hydrogen-bond acceptors (Lipinski definition) is 6. The van der Waals surface area contributed by atoms with Gasteiger partial charge in [-0.2, -0.15) is 0 Å². The first kappa shape index (κ1) is 18.4. The first-order chi connectivity index (χ1) is 13.3. The molecule has 2 fully saturated rings. The van der Waals surface area contributed by atoms with Crippen molar-refractivity contribution in [1.29, 1.82) is 0 Å². The third kappa shape index (κ3) is 4.00. The van der Waals surface area contributed by atoms with E-state index < -0.39 is 0 Å². The molecule has 1 aromatic carbocycles. The maximum atomic E-state index is 13.3. The van der Waals surface area contributed by atoms with Crippen LogP contribution in [0.5, 0.6) is 0 Å². The third-order valence-corrected chi connectivity index (χ3v) is 6.19. The summed E-state index contributed by atoms with van der Waals surface area (Å²) in [5, 5.41) is 5.61. The molecule has 7 heteroatoms. The predicted octanol–water partition coefficient (Wildman–Crippen LogP) is 2.86. The minimum absolute atomic E-state index is 0.0173. The second-order valence-corrected chi connectivity index (χ2v) is 7.92. The van der Waals surface area contributed by atoms with Crippen LogP contribution in [0, 0.1) is 0 Å². The SMILES string of the molecule is CNc1nc(C(=O)N2CCO[C@@H](CN3CCCC3)[C@@H]2c2ccccc2)cs1.